The van der Waals surface area contributed by atoms with Crippen LogP contribution in [0.2, 0.25) is 0 Å². The number of fused-ring (bicyclic) bond motifs is 1. The van der Waals surface area contributed by atoms with Gasteiger partial charge < -0.3 is 0 Å². The highest BCUT2D eigenvalue weighted by molar-refractivity contribution is 5.07. The minimum absolute atomic E-state index is 1.05. The molecule has 3 aliphatic rings. The zero-order valence-corrected chi connectivity index (χ0v) is 9.16. The van der Waals surface area contributed by atoms with Crippen LogP contribution in [0.15, 0.2) is 0 Å². The fourth-order valence-corrected chi connectivity index (χ4v) is 4.87. The molecule has 3 fully saturated rings. The zero-order valence-electron chi connectivity index (χ0n) is 9.16. The molecule has 0 radical (unpaired) electrons. The molecule has 0 aromatic heterocycles. The highest BCUT2D eigenvalue weighted by atomic mass is 14.6. The Bertz CT molecular complexity index is 206. The van der Waals surface area contributed by atoms with Gasteiger partial charge in [-0.15, -0.1) is 0 Å². The molecule has 6 unspecified atom stereocenters. The smallest absolute Gasteiger partial charge is 0.0321 e. The topological polar surface area (TPSA) is 0 Å². The van der Waals surface area contributed by atoms with Crippen molar-refractivity contribution in [3.63, 3.8) is 0 Å². The van der Waals surface area contributed by atoms with Crippen molar-refractivity contribution in [2.24, 2.45) is 41.4 Å². The molecule has 74 valence electrons. The molecule has 0 nitrogen and oxygen atoms in total. The molecule has 0 heteroatoms. The van der Waals surface area contributed by atoms with Crippen molar-refractivity contribution >= 4 is 0 Å². The van der Waals surface area contributed by atoms with Crippen molar-refractivity contribution in [1.82, 2.24) is 0 Å². The van der Waals surface area contributed by atoms with Crippen LogP contribution in [0.1, 0.15) is 40.0 Å². The molecule has 0 heterocycles. The summed E-state index contributed by atoms with van der Waals surface area (Å²) in [5, 5.41) is 0. The van der Waals surface area contributed by atoms with Crippen molar-refractivity contribution in [2.75, 3.05) is 0 Å². The second kappa shape index (κ2) is 2.52. The molecule has 3 rings (SSSR count). The first-order valence-electron chi connectivity index (χ1n) is 6.20. The summed E-state index contributed by atoms with van der Waals surface area (Å²) in [5.74, 6) is 7.74. The van der Waals surface area contributed by atoms with E-state index in [2.05, 4.69) is 20.8 Å². The van der Waals surface area contributed by atoms with Crippen molar-refractivity contribution in [2.45, 2.75) is 40.0 Å². The molecular weight excluding hydrogens is 156 g/mol. The first kappa shape index (κ1) is 8.32. The van der Waals surface area contributed by atoms with Gasteiger partial charge in [0.05, 0.1) is 0 Å². The van der Waals surface area contributed by atoms with Gasteiger partial charge in [0.25, 0.3) is 0 Å². The van der Waals surface area contributed by atoms with Crippen LogP contribution in [0.4, 0.5) is 0 Å². The van der Waals surface area contributed by atoms with E-state index >= 15 is 0 Å². The molecule has 0 N–H and O–H groups in total. The van der Waals surface area contributed by atoms with E-state index in [1.165, 1.54) is 12.3 Å². The monoisotopic (exact) mass is 178 g/mol. The van der Waals surface area contributed by atoms with Gasteiger partial charge in [-0.1, -0.05) is 20.8 Å². The van der Waals surface area contributed by atoms with Crippen LogP contribution >= 0.6 is 0 Å². The minimum atomic E-state index is 1.05. The first-order chi connectivity index (χ1) is 6.20. The Morgan fingerprint density at radius 1 is 0.769 bits per heavy atom. The maximum absolute atomic E-state index is 2.52. The van der Waals surface area contributed by atoms with Gasteiger partial charge in [-0.2, -0.15) is 0 Å². The molecule has 3 saturated carbocycles. The molecule has 0 amide bonds. The first-order valence-corrected chi connectivity index (χ1v) is 6.20. The molecule has 0 bridgehead atoms. The van der Waals surface area contributed by atoms with E-state index in [0.717, 1.165) is 35.5 Å². The predicted molar refractivity (Wildman–Crippen MR) is 55.3 cm³/mol. The molecule has 0 saturated heterocycles. The van der Waals surface area contributed by atoms with Gasteiger partial charge in [0.15, 0.2) is 0 Å². The standard InChI is InChI=1S/C13H22/c1-7-6-8(2)12(7)13-9(3)10-4-5-11(10)13/h7-13H,4-6H2,1-3H3. The van der Waals surface area contributed by atoms with Gasteiger partial charge in [-0.3, -0.25) is 0 Å². The van der Waals surface area contributed by atoms with Crippen LogP contribution in [0, 0.1) is 41.4 Å². The molecule has 13 heavy (non-hydrogen) atoms. The Kier molecular flexibility index (Phi) is 1.61. The SMILES string of the molecule is CC1CC(C)C1C1C(C)C2CCC21. The van der Waals surface area contributed by atoms with Gasteiger partial charge in [0, 0.05) is 0 Å². The van der Waals surface area contributed by atoms with E-state index in [-0.39, 0.29) is 0 Å². The maximum Gasteiger partial charge on any atom is -0.0321 e. The lowest BCUT2D eigenvalue weighted by Crippen LogP contribution is -2.59. The van der Waals surface area contributed by atoms with Crippen LogP contribution < -0.4 is 0 Å². The van der Waals surface area contributed by atoms with Crippen molar-refractivity contribution < 1.29 is 0 Å². The van der Waals surface area contributed by atoms with Crippen LogP contribution in [-0.2, 0) is 0 Å². The van der Waals surface area contributed by atoms with Gasteiger partial charge in [0.1, 0.15) is 0 Å². The lowest BCUT2D eigenvalue weighted by molar-refractivity contribution is -0.167. The maximum atomic E-state index is 2.52. The fraction of sp³-hybridized carbons (Fsp3) is 1.00. The Hall–Kier alpha value is 0. The average molecular weight is 178 g/mol. The van der Waals surface area contributed by atoms with E-state index in [0.29, 0.717) is 0 Å². The van der Waals surface area contributed by atoms with E-state index in [1.54, 1.807) is 12.8 Å². The number of hydrogen-bond donors (Lipinski definition) is 0. The Labute approximate surface area is 82.1 Å². The quantitative estimate of drug-likeness (QED) is 0.576. The summed E-state index contributed by atoms with van der Waals surface area (Å²) in [4.78, 5) is 0. The van der Waals surface area contributed by atoms with Crippen LogP contribution in [0.25, 0.3) is 0 Å². The highest BCUT2D eigenvalue weighted by Crippen LogP contribution is 2.65. The molecular formula is C13H22. The lowest BCUT2D eigenvalue weighted by atomic mass is 9.40. The van der Waals surface area contributed by atoms with Gasteiger partial charge in [-0.25, -0.2) is 0 Å². The minimum Gasteiger partial charge on any atom is -0.0622 e. The molecule has 0 aliphatic heterocycles. The third-order valence-electron chi connectivity index (χ3n) is 5.66. The number of hydrogen-bond acceptors (Lipinski definition) is 0. The normalized spacial score (nSPS) is 64.4. The second-order valence-electron chi connectivity index (χ2n) is 6.11. The molecule has 0 aromatic rings. The van der Waals surface area contributed by atoms with E-state index in [1.807, 2.05) is 0 Å². The van der Waals surface area contributed by atoms with Crippen LogP contribution in [-0.4, -0.2) is 0 Å². The largest absolute Gasteiger partial charge is 0.0622 e. The molecule has 6 atom stereocenters. The highest BCUT2D eigenvalue weighted by Gasteiger charge is 2.58. The van der Waals surface area contributed by atoms with E-state index in [4.69, 9.17) is 0 Å². The predicted octanol–water partition coefficient (Wildman–Crippen LogP) is 3.57. The fourth-order valence-electron chi connectivity index (χ4n) is 4.87. The summed E-state index contributed by atoms with van der Waals surface area (Å²) in [5.41, 5.74) is 0. The van der Waals surface area contributed by atoms with Crippen molar-refractivity contribution in [1.29, 1.82) is 0 Å². The summed E-state index contributed by atoms with van der Waals surface area (Å²) in [6.45, 7) is 7.47. The lowest BCUT2D eigenvalue weighted by Gasteiger charge is -2.65. The van der Waals surface area contributed by atoms with Crippen molar-refractivity contribution in [3.05, 3.63) is 0 Å². The Balaban J connectivity index is 1.71. The Morgan fingerprint density at radius 2 is 1.38 bits per heavy atom. The average Bonchev–Trinajstić information content (AvgIpc) is 2.01. The second-order valence-corrected chi connectivity index (χ2v) is 6.11. The molecule has 0 aromatic carbocycles. The van der Waals surface area contributed by atoms with Gasteiger partial charge >= 0.3 is 0 Å². The zero-order chi connectivity index (χ0) is 9.16. The summed E-state index contributed by atoms with van der Waals surface area (Å²) in [7, 11) is 0. The van der Waals surface area contributed by atoms with Crippen molar-refractivity contribution in [3.8, 4) is 0 Å². The summed E-state index contributed by atoms with van der Waals surface area (Å²) in [6, 6.07) is 0. The third kappa shape index (κ3) is 0.877. The summed E-state index contributed by atoms with van der Waals surface area (Å²) >= 11 is 0. The molecule has 0 spiro atoms. The summed E-state index contributed by atoms with van der Waals surface area (Å²) in [6.07, 6.45) is 4.62. The van der Waals surface area contributed by atoms with Gasteiger partial charge in [0.2, 0.25) is 0 Å². The van der Waals surface area contributed by atoms with Crippen LogP contribution in [0.3, 0.4) is 0 Å². The van der Waals surface area contributed by atoms with E-state index < -0.39 is 0 Å². The summed E-state index contributed by atoms with van der Waals surface area (Å²) < 4.78 is 0. The van der Waals surface area contributed by atoms with Gasteiger partial charge in [-0.05, 0) is 60.7 Å². The van der Waals surface area contributed by atoms with E-state index in [9.17, 15) is 0 Å². The number of rotatable bonds is 1. The molecule has 3 aliphatic carbocycles. The van der Waals surface area contributed by atoms with Crippen LogP contribution in [0.5, 0.6) is 0 Å². The third-order valence-corrected chi connectivity index (χ3v) is 5.66. The Morgan fingerprint density at radius 3 is 1.77 bits per heavy atom.